The Morgan fingerprint density at radius 1 is 1.25 bits per heavy atom. The number of nitrogens with zero attached hydrogens (tertiary/aromatic N) is 2. The van der Waals surface area contributed by atoms with E-state index >= 15 is 0 Å². The minimum absolute atomic E-state index is 0.438. The summed E-state index contributed by atoms with van der Waals surface area (Å²) in [6, 6.07) is 0. The van der Waals surface area contributed by atoms with E-state index < -0.39 is 26.1 Å². The highest BCUT2D eigenvalue weighted by atomic mass is 31.2. The third kappa shape index (κ3) is 5.34. The molecule has 0 aromatic rings. The molecule has 6 N–H and O–H groups in total. The van der Waals surface area contributed by atoms with Crippen LogP contribution < -0.4 is 10.9 Å². The fraction of sp³-hybridized carbons (Fsp3) is 0.625. The van der Waals surface area contributed by atoms with Crippen molar-refractivity contribution in [1.82, 2.24) is 16.1 Å². The second-order valence-corrected chi connectivity index (χ2v) is 7.23. The molecule has 0 amide bonds. The Balaban J connectivity index is 2.84. The molecule has 0 fully saturated rings. The van der Waals surface area contributed by atoms with Crippen molar-refractivity contribution >= 4 is 20.6 Å². The molecule has 0 saturated carbocycles. The van der Waals surface area contributed by atoms with Gasteiger partial charge < -0.3 is 19.6 Å². The number of hydrazine groups is 2. The monoisotopic (exact) mass is 328 g/mol. The van der Waals surface area contributed by atoms with E-state index in [-0.39, 0.29) is 0 Å². The van der Waals surface area contributed by atoms with Gasteiger partial charge in [0, 0.05) is 12.6 Å². The number of hydrazone groups is 1. The zero-order chi connectivity index (χ0) is 15.4. The van der Waals surface area contributed by atoms with Crippen molar-refractivity contribution in [3.8, 4) is 0 Å². The van der Waals surface area contributed by atoms with E-state index in [1.165, 1.54) is 0 Å². The maximum absolute atomic E-state index is 11.2. The van der Waals surface area contributed by atoms with Crippen LogP contribution in [0.15, 0.2) is 16.6 Å². The first-order chi connectivity index (χ1) is 9.14. The standard InChI is InChI=1S/C8H18N4O6P2/c1-2-3-4-5-9-12-10-7(19(13,14)15)6-8(11-12)20(16,17)18/h6,9-10H,2-5H2,1H3,(H2,13,14,15)(H2,16,17,18). The molecular formula is C8H18N4O6P2. The van der Waals surface area contributed by atoms with Crippen molar-refractivity contribution < 1.29 is 28.7 Å². The average molecular weight is 328 g/mol. The first-order valence-corrected chi connectivity index (χ1v) is 9.10. The lowest BCUT2D eigenvalue weighted by molar-refractivity contribution is 0.137. The third-order valence-corrected chi connectivity index (χ3v) is 4.02. The van der Waals surface area contributed by atoms with E-state index in [4.69, 9.17) is 19.6 Å². The summed E-state index contributed by atoms with van der Waals surface area (Å²) >= 11 is 0. The smallest absolute Gasteiger partial charge is 0.320 e. The number of allylic oxidation sites excluding steroid dienone is 1. The van der Waals surface area contributed by atoms with E-state index in [2.05, 4.69) is 16.0 Å². The van der Waals surface area contributed by atoms with Crippen molar-refractivity contribution in [1.29, 1.82) is 0 Å². The Labute approximate surface area is 115 Å². The van der Waals surface area contributed by atoms with Crippen molar-refractivity contribution in [2.24, 2.45) is 5.10 Å². The zero-order valence-electron chi connectivity index (χ0n) is 10.8. The molecule has 0 aromatic carbocycles. The Morgan fingerprint density at radius 2 is 1.90 bits per heavy atom. The highest BCUT2D eigenvalue weighted by Gasteiger charge is 2.32. The third-order valence-electron chi connectivity index (χ3n) is 2.34. The lowest BCUT2D eigenvalue weighted by Crippen LogP contribution is -2.46. The molecule has 0 spiro atoms. The molecule has 0 radical (unpaired) electrons. The molecule has 1 rings (SSSR count). The van der Waals surface area contributed by atoms with Gasteiger partial charge in [-0.2, -0.15) is 5.43 Å². The van der Waals surface area contributed by atoms with Crippen LogP contribution in [-0.4, -0.2) is 36.8 Å². The van der Waals surface area contributed by atoms with Gasteiger partial charge in [-0.05, 0) is 6.42 Å². The highest BCUT2D eigenvalue weighted by Crippen LogP contribution is 2.47. The number of hydrogen-bond donors (Lipinski definition) is 6. The molecule has 0 unspecified atom stereocenters. The summed E-state index contributed by atoms with van der Waals surface area (Å²) in [5.41, 5.74) is 3.57. The van der Waals surface area contributed by atoms with Crippen molar-refractivity contribution in [3.05, 3.63) is 11.5 Å². The van der Waals surface area contributed by atoms with Crippen molar-refractivity contribution in [3.63, 3.8) is 0 Å². The summed E-state index contributed by atoms with van der Waals surface area (Å²) in [6.07, 6.45) is 3.37. The van der Waals surface area contributed by atoms with E-state index in [1.54, 1.807) is 0 Å². The Hall–Kier alpha value is -0.730. The summed E-state index contributed by atoms with van der Waals surface area (Å²) in [7, 11) is -9.41. The largest absolute Gasteiger partial charge is 0.376 e. The van der Waals surface area contributed by atoms with E-state index in [0.717, 1.165) is 24.5 Å². The summed E-state index contributed by atoms with van der Waals surface area (Å²) in [6.45, 7) is 2.45. The highest BCUT2D eigenvalue weighted by molar-refractivity contribution is 7.71. The van der Waals surface area contributed by atoms with Crippen LogP contribution in [0.4, 0.5) is 0 Å². The van der Waals surface area contributed by atoms with Crippen LogP contribution in [0, 0.1) is 0 Å². The van der Waals surface area contributed by atoms with Crippen molar-refractivity contribution in [2.75, 3.05) is 6.54 Å². The number of nitrogens with one attached hydrogen (secondary N) is 2. The summed E-state index contributed by atoms with van der Waals surface area (Å²) in [4.78, 5) is 36.3. The molecule has 1 heterocycles. The van der Waals surface area contributed by atoms with Gasteiger partial charge in [0.2, 0.25) is 0 Å². The Bertz CT molecular complexity index is 495. The number of rotatable bonds is 7. The van der Waals surface area contributed by atoms with Crippen molar-refractivity contribution in [2.45, 2.75) is 26.2 Å². The lowest BCUT2D eigenvalue weighted by Gasteiger charge is -2.27. The summed E-state index contributed by atoms with van der Waals surface area (Å²) < 4.78 is 22.3. The molecule has 116 valence electrons. The lowest BCUT2D eigenvalue weighted by atomic mass is 10.2. The van der Waals surface area contributed by atoms with E-state index in [1.807, 2.05) is 6.92 Å². The minimum Gasteiger partial charge on any atom is -0.320 e. The minimum atomic E-state index is -4.72. The number of hydrogen-bond acceptors (Lipinski definition) is 6. The molecule has 0 bridgehead atoms. The molecule has 12 heteroatoms. The Kier molecular flexibility index (Phi) is 5.91. The topological polar surface area (TPSA) is 155 Å². The SMILES string of the molecule is CCCCCNN1N=C(P(=O)(O)O)C=C(P(=O)(O)O)N1. The van der Waals surface area contributed by atoms with Crippen LogP contribution in [0.1, 0.15) is 26.2 Å². The Morgan fingerprint density at radius 3 is 2.40 bits per heavy atom. The zero-order valence-corrected chi connectivity index (χ0v) is 12.6. The molecule has 0 aliphatic carbocycles. The van der Waals surface area contributed by atoms with Gasteiger partial charge in [-0.25, -0.2) is 0 Å². The average Bonchev–Trinajstić information content (AvgIpc) is 2.32. The molecule has 10 nitrogen and oxygen atoms in total. The van der Waals surface area contributed by atoms with Crippen LogP contribution in [-0.2, 0) is 9.13 Å². The first-order valence-electron chi connectivity index (χ1n) is 5.87. The quantitative estimate of drug-likeness (QED) is 0.280. The first kappa shape index (κ1) is 17.3. The fourth-order valence-electron chi connectivity index (χ4n) is 1.35. The molecule has 0 saturated heterocycles. The predicted molar refractivity (Wildman–Crippen MR) is 72.1 cm³/mol. The van der Waals surface area contributed by atoms with Gasteiger partial charge in [0.25, 0.3) is 0 Å². The fourth-order valence-corrected chi connectivity index (χ4v) is 2.47. The van der Waals surface area contributed by atoms with Crippen LogP contribution in [0.5, 0.6) is 0 Å². The summed E-state index contributed by atoms with van der Waals surface area (Å²) in [5.74, 6) is 0. The molecule has 0 atom stereocenters. The normalized spacial score (nSPS) is 16.6. The van der Waals surface area contributed by atoms with Crippen LogP contribution in [0.25, 0.3) is 0 Å². The van der Waals surface area contributed by atoms with Gasteiger partial charge >= 0.3 is 15.2 Å². The van der Waals surface area contributed by atoms with Gasteiger partial charge in [-0.1, -0.05) is 19.8 Å². The van der Waals surface area contributed by atoms with Crippen LogP contribution >= 0.6 is 15.2 Å². The van der Waals surface area contributed by atoms with Gasteiger partial charge in [0.1, 0.15) is 5.44 Å². The van der Waals surface area contributed by atoms with Crippen LogP contribution in [0.2, 0.25) is 0 Å². The van der Waals surface area contributed by atoms with Crippen LogP contribution in [0.3, 0.4) is 0 Å². The number of unbranched alkanes of at least 4 members (excludes halogenated alkanes) is 2. The predicted octanol–water partition coefficient (Wildman–Crippen LogP) is 0.0117. The maximum Gasteiger partial charge on any atom is 0.376 e. The second kappa shape index (κ2) is 6.82. The molecule has 20 heavy (non-hydrogen) atoms. The van der Waals surface area contributed by atoms with Gasteiger partial charge in [0.05, 0.1) is 0 Å². The molecule has 0 aromatic heterocycles. The van der Waals surface area contributed by atoms with Gasteiger partial charge in [0.15, 0.2) is 5.45 Å². The molecule has 1 aliphatic rings. The van der Waals surface area contributed by atoms with Gasteiger partial charge in [-0.3, -0.25) is 14.6 Å². The van der Waals surface area contributed by atoms with E-state index in [0.29, 0.717) is 12.6 Å². The van der Waals surface area contributed by atoms with Gasteiger partial charge in [-0.15, -0.1) is 10.3 Å². The maximum atomic E-state index is 11.2. The molecular weight excluding hydrogens is 310 g/mol. The molecule has 1 aliphatic heterocycles. The summed E-state index contributed by atoms with van der Waals surface area (Å²) in [5, 5.41) is 4.36. The second-order valence-electron chi connectivity index (χ2n) is 4.11. The van der Waals surface area contributed by atoms with E-state index in [9.17, 15) is 9.13 Å².